The maximum Gasteiger partial charge on any atom is 1.00 e. The van der Waals surface area contributed by atoms with E-state index in [0.29, 0.717) is 25.7 Å². The van der Waals surface area contributed by atoms with E-state index in [1.807, 2.05) is 26.8 Å². The van der Waals surface area contributed by atoms with E-state index in [1.54, 1.807) is 0 Å². The fourth-order valence-corrected chi connectivity index (χ4v) is 11.3. The molecule has 214 valence electrons. The maximum atomic E-state index is 14.3. The normalized spacial score (nSPS) is 48.8. The van der Waals surface area contributed by atoms with Gasteiger partial charge in [0.05, 0.1) is 6.10 Å². The minimum Gasteiger partial charge on any atom is -0.550 e. The van der Waals surface area contributed by atoms with Crippen LogP contribution in [0.15, 0.2) is 11.6 Å². The van der Waals surface area contributed by atoms with Crippen molar-refractivity contribution in [2.45, 2.75) is 112 Å². The molecule has 5 aliphatic rings. The van der Waals surface area contributed by atoms with Gasteiger partial charge in [-0.25, -0.2) is 4.18 Å². The number of ketones is 1. The molecule has 39 heavy (non-hydrogen) atoms. The Bertz CT molecular complexity index is 1210. The van der Waals surface area contributed by atoms with Crippen LogP contribution in [-0.2, 0) is 24.2 Å². The van der Waals surface area contributed by atoms with Crippen LogP contribution in [-0.4, -0.2) is 30.8 Å². The van der Waals surface area contributed by atoms with E-state index in [9.17, 15) is 27.7 Å². The number of hydrogen-bond acceptors (Lipinski definition) is 6. The molecular formula is C30H45KO7S. The van der Waals surface area contributed by atoms with Crippen molar-refractivity contribution < 1.29 is 83.2 Å². The molecule has 5 aliphatic carbocycles. The zero-order valence-corrected chi connectivity index (χ0v) is 29.0. The standard InChI is InChI=1S/C30H46O7S.K/c1-25(2)21-8-11-30(7)23(28(21,5)10-9-22(25)37-38(34,35)36)20(31)16-18-19-17-27(4,24(32)33)13-12-26(19,3)14-15-29(18,30)6;/h16,19,21-23H,8-15,17H2,1-7H3,(H,32,33)(H,34,35,36);/q;+1/p-1/t19-,21-,22-,23+,26+,27-,28-,29+,30+;/m0./s1. The third kappa shape index (κ3) is 4.58. The Morgan fingerprint density at radius 1 is 0.974 bits per heavy atom. The Morgan fingerprint density at radius 3 is 2.18 bits per heavy atom. The average Bonchev–Trinajstić information content (AvgIpc) is 2.77. The Kier molecular flexibility index (Phi) is 8.03. The van der Waals surface area contributed by atoms with Crippen LogP contribution in [0.5, 0.6) is 0 Å². The molecule has 0 aliphatic heterocycles. The number of carboxylic acid groups (broad SMARTS) is 1. The van der Waals surface area contributed by atoms with Crippen molar-refractivity contribution in [3.05, 3.63) is 11.6 Å². The maximum absolute atomic E-state index is 14.3. The summed E-state index contributed by atoms with van der Waals surface area (Å²) in [6.45, 7) is 14.9. The number of carboxylic acids is 1. The molecule has 0 unspecified atom stereocenters. The molecule has 0 amide bonds. The molecule has 5 rings (SSSR count). The van der Waals surface area contributed by atoms with Crippen LogP contribution in [0.4, 0.5) is 0 Å². The van der Waals surface area contributed by atoms with E-state index in [-0.39, 0.29) is 96.6 Å². The Morgan fingerprint density at radius 2 is 1.59 bits per heavy atom. The molecule has 0 radical (unpaired) electrons. The first-order chi connectivity index (χ1) is 17.2. The van der Waals surface area contributed by atoms with Crippen LogP contribution in [0.3, 0.4) is 0 Å². The van der Waals surface area contributed by atoms with Crippen LogP contribution in [0.1, 0.15) is 106 Å². The van der Waals surface area contributed by atoms with Crippen LogP contribution in [0.2, 0.25) is 0 Å². The third-order valence-corrected chi connectivity index (χ3v) is 13.7. The van der Waals surface area contributed by atoms with Gasteiger partial charge >= 0.3 is 61.8 Å². The first-order valence-electron chi connectivity index (χ1n) is 14.4. The summed E-state index contributed by atoms with van der Waals surface area (Å²) in [7, 11) is -4.58. The molecule has 1 N–H and O–H groups in total. The summed E-state index contributed by atoms with van der Waals surface area (Å²) in [4.78, 5) is 26.5. The molecule has 4 fully saturated rings. The summed E-state index contributed by atoms with van der Waals surface area (Å²) in [5, 5.41) is 12.2. The Balaban J connectivity index is 0.00000353. The first kappa shape index (κ1) is 32.3. The van der Waals surface area contributed by atoms with Crippen molar-refractivity contribution in [1.82, 2.24) is 0 Å². The SMILES string of the molecule is CC1(C)[C@@H](OS(=O)(=O)O)CC[C@]2(C)[C@H]3C(=O)C=C4[C@@H]5C[C@@](C)(C(=O)[O-])CC[C@]5(C)CC[C@@]4(C)[C@]3(C)CC[C@@H]12.[K+]. The van der Waals surface area contributed by atoms with Gasteiger partial charge in [-0.15, -0.1) is 0 Å². The van der Waals surface area contributed by atoms with E-state index in [2.05, 4.69) is 27.7 Å². The zero-order chi connectivity index (χ0) is 28.3. The van der Waals surface area contributed by atoms with Crippen LogP contribution < -0.4 is 56.5 Å². The van der Waals surface area contributed by atoms with E-state index < -0.39 is 33.3 Å². The fourth-order valence-electron chi connectivity index (χ4n) is 10.7. The second-order valence-corrected chi connectivity index (χ2v) is 16.5. The van der Waals surface area contributed by atoms with Gasteiger partial charge in [-0.3, -0.25) is 9.35 Å². The number of hydrogen-bond donors (Lipinski definition) is 1. The fraction of sp³-hybridized carbons (Fsp3) is 0.867. The molecular weight excluding hydrogens is 543 g/mol. The molecule has 9 atom stereocenters. The number of allylic oxidation sites excluding steroid dienone is 2. The van der Waals surface area contributed by atoms with Crippen molar-refractivity contribution in [3.8, 4) is 0 Å². The minimum atomic E-state index is -4.58. The van der Waals surface area contributed by atoms with Crippen molar-refractivity contribution in [3.63, 3.8) is 0 Å². The molecule has 0 bridgehead atoms. The Labute approximate surface area is 277 Å². The smallest absolute Gasteiger partial charge is 0.550 e. The summed E-state index contributed by atoms with van der Waals surface area (Å²) >= 11 is 0. The van der Waals surface area contributed by atoms with Gasteiger partial charge in [0, 0.05) is 17.3 Å². The second kappa shape index (κ2) is 9.70. The zero-order valence-electron chi connectivity index (χ0n) is 25.1. The van der Waals surface area contributed by atoms with E-state index in [1.165, 1.54) is 0 Å². The van der Waals surface area contributed by atoms with Crippen molar-refractivity contribution in [1.29, 1.82) is 0 Å². The number of carbonyl (C=O) groups excluding carboxylic acids is 2. The Hall–Kier alpha value is 0.386. The van der Waals surface area contributed by atoms with Gasteiger partial charge in [-0.05, 0) is 103 Å². The van der Waals surface area contributed by atoms with Crippen molar-refractivity contribution in [2.75, 3.05) is 0 Å². The van der Waals surface area contributed by atoms with E-state index >= 15 is 0 Å². The van der Waals surface area contributed by atoms with Crippen LogP contribution in [0, 0.1) is 50.2 Å². The quantitative estimate of drug-likeness (QED) is 0.395. The number of rotatable bonds is 3. The van der Waals surface area contributed by atoms with Gasteiger partial charge in [0.1, 0.15) is 0 Å². The monoisotopic (exact) mass is 588 g/mol. The molecule has 0 spiro atoms. The summed E-state index contributed by atoms with van der Waals surface area (Å²) in [6, 6.07) is 0. The van der Waals surface area contributed by atoms with Gasteiger partial charge < -0.3 is 9.90 Å². The summed E-state index contributed by atoms with van der Waals surface area (Å²) in [5.41, 5.74) is -1.14. The molecule has 7 nitrogen and oxygen atoms in total. The summed E-state index contributed by atoms with van der Waals surface area (Å²) in [6.07, 6.45) is 8.01. The molecule has 0 aromatic carbocycles. The second-order valence-electron chi connectivity index (χ2n) is 15.4. The van der Waals surface area contributed by atoms with Crippen molar-refractivity contribution >= 4 is 22.2 Å². The van der Waals surface area contributed by atoms with E-state index in [4.69, 9.17) is 4.18 Å². The molecule has 0 saturated heterocycles. The van der Waals surface area contributed by atoms with Gasteiger partial charge in [-0.1, -0.05) is 54.0 Å². The molecule has 9 heteroatoms. The van der Waals surface area contributed by atoms with Crippen molar-refractivity contribution in [2.24, 2.45) is 50.2 Å². The minimum absolute atomic E-state index is 0. The predicted molar refractivity (Wildman–Crippen MR) is 141 cm³/mol. The van der Waals surface area contributed by atoms with Gasteiger partial charge in [0.25, 0.3) is 0 Å². The van der Waals surface area contributed by atoms with Gasteiger partial charge in [0.15, 0.2) is 5.78 Å². The van der Waals surface area contributed by atoms with Gasteiger partial charge in [-0.2, -0.15) is 8.42 Å². The molecule has 0 heterocycles. The molecule has 4 saturated carbocycles. The average molecular weight is 589 g/mol. The third-order valence-electron chi connectivity index (χ3n) is 13.2. The number of fused-ring (bicyclic) bond motifs is 7. The molecule has 0 aromatic rings. The van der Waals surface area contributed by atoms with Gasteiger partial charge in [0.2, 0.25) is 0 Å². The predicted octanol–water partition coefficient (Wildman–Crippen LogP) is 1.91. The summed E-state index contributed by atoms with van der Waals surface area (Å²) < 4.78 is 37.8. The number of carbonyl (C=O) groups is 2. The largest absolute Gasteiger partial charge is 1.00 e. The molecule has 0 aromatic heterocycles. The summed E-state index contributed by atoms with van der Waals surface area (Å²) in [5.74, 6) is -0.963. The van der Waals surface area contributed by atoms with E-state index in [0.717, 1.165) is 37.7 Å². The first-order valence-corrected chi connectivity index (χ1v) is 15.7. The van der Waals surface area contributed by atoms with Crippen LogP contribution >= 0.6 is 0 Å². The van der Waals surface area contributed by atoms with Crippen LogP contribution in [0.25, 0.3) is 0 Å². The number of aliphatic carboxylic acids is 1. The topological polar surface area (TPSA) is 121 Å².